The smallest absolute Gasteiger partial charge is 0.416 e. The maximum Gasteiger partial charge on any atom is 0.416 e. The summed E-state index contributed by atoms with van der Waals surface area (Å²) in [5, 5.41) is 20.5. The van der Waals surface area contributed by atoms with E-state index in [2.05, 4.69) is 0 Å². The Labute approximate surface area is 397 Å². The van der Waals surface area contributed by atoms with Gasteiger partial charge in [-0.2, -0.15) is 105 Å². The van der Waals surface area contributed by atoms with Gasteiger partial charge in [-0.05, 0) is 119 Å². The Morgan fingerprint density at radius 3 is 0.554 bits per heavy atom. The van der Waals surface area contributed by atoms with Crippen molar-refractivity contribution >= 4 is 0 Å². The molecule has 28 heteroatoms. The first-order valence-corrected chi connectivity index (χ1v) is 19.4. The average Bonchev–Trinajstić information content (AvgIpc) is 3.26. The molecule has 4 nitrogen and oxygen atoms in total. The zero-order valence-corrected chi connectivity index (χ0v) is 36.0. The Morgan fingerprint density at radius 1 is 0.243 bits per heavy atom. The summed E-state index contributed by atoms with van der Waals surface area (Å²) >= 11 is 0. The highest BCUT2D eigenvalue weighted by atomic mass is 19.4. The SMILES string of the molecule is COc1cc(-c2cc(C(F)(F)F)cc(C(F)(F)F)c2)c(OC)cc1-c1cc(C(F)(F)F)cc(C(F)(F)F)c1.Oc1cc(-c2cc(C(F)(F)F)cc(C(F)(F)F)c2)c(O)cc1-c1cc(C(F)(F)F)cc(C(F)(F)F)c1. The highest BCUT2D eigenvalue weighted by Crippen LogP contribution is 2.49. The molecule has 0 aliphatic heterocycles. The number of benzene rings is 6. The lowest BCUT2D eigenvalue weighted by Gasteiger charge is -2.19. The average molecular weight is 1100 g/mol. The van der Waals surface area contributed by atoms with Gasteiger partial charge in [-0.1, -0.05) is 0 Å². The minimum atomic E-state index is -5.25. The van der Waals surface area contributed by atoms with Crippen LogP contribution in [0.25, 0.3) is 44.5 Å². The lowest BCUT2D eigenvalue weighted by atomic mass is 9.93. The normalized spacial score (nSPS) is 13.1. The number of phenols is 2. The van der Waals surface area contributed by atoms with E-state index in [-0.39, 0.29) is 48.5 Å². The number of alkyl halides is 24. The molecule has 74 heavy (non-hydrogen) atoms. The van der Waals surface area contributed by atoms with Crippen LogP contribution in [0.1, 0.15) is 44.5 Å². The maximum absolute atomic E-state index is 13.3. The van der Waals surface area contributed by atoms with E-state index in [0.29, 0.717) is 36.4 Å². The van der Waals surface area contributed by atoms with Crippen molar-refractivity contribution in [1.29, 1.82) is 0 Å². The van der Waals surface area contributed by atoms with Crippen molar-refractivity contribution < 1.29 is 125 Å². The summed E-state index contributed by atoms with van der Waals surface area (Å²) in [7, 11) is 1.92. The van der Waals surface area contributed by atoms with Crippen LogP contribution in [-0.4, -0.2) is 24.4 Å². The zero-order chi connectivity index (χ0) is 56.3. The summed E-state index contributed by atoms with van der Waals surface area (Å²) in [5.74, 6) is -3.14. The molecule has 0 spiro atoms. The standard InChI is InChI=1S/C24H14F12O2.C22H10F12O2/c1-37-19-9-18(12-5-15(23(31,32)33)8-16(6-12)24(34,35)36)20(38-2)10-17(19)11-3-13(21(25,26)27)7-14(4-11)22(28,29)30;23-19(24,25)11-1-9(2-12(5-11)20(26,27)28)15-7-18(36)16(8-17(15)35)10-3-13(21(29,30)31)6-14(4-10)22(32,33)34/h3-10H,1-2H3;1-8,35-36H. The van der Waals surface area contributed by atoms with Crippen molar-refractivity contribution in [2.24, 2.45) is 0 Å². The summed E-state index contributed by atoms with van der Waals surface area (Å²) in [6.45, 7) is 0. The van der Waals surface area contributed by atoms with Gasteiger partial charge < -0.3 is 19.7 Å². The second kappa shape index (κ2) is 19.6. The molecule has 0 atom stereocenters. The molecule has 0 aliphatic rings. The number of phenolic OH excluding ortho intramolecular Hbond substituents is 2. The van der Waals surface area contributed by atoms with Gasteiger partial charge in [0, 0.05) is 22.3 Å². The summed E-state index contributed by atoms with van der Waals surface area (Å²) in [6, 6.07) is 4.37. The van der Waals surface area contributed by atoms with Crippen LogP contribution >= 0.6 is 0 Å². The molecular formula is C46H24F24O4. The van der Waals surface area contributed by atoms with Crippen LogP contribution in [-0.2, 0) is 49.4 Å². The fourth-order valence-electron chi connectivity index (χ4n) is 6.83. The van der Waals surface area contributed by atoms with Gasteiger partial charge in [-0.3, -0.25) is 0 Å². The van der Waals surface area contributed by atoms with E-state index in [1.165, 1.54) is 0 Å². The third-order valence-corrected chi connectivity index (χ3v) is 10.2. The molecule has 6 rings (SSSR count). The summed E-state index contributed by atoms with van der Waals surface area (Å²) in [5.41, 5.74) is -19.1. The van der Waals surface area contributed by atoms with Crippen molar-refractivity contribution in [2.45, 2.75) is 49.4 Å². The summed E-state index contributed by atoms with van der Waals surface area (Å²) in [4.78, 5) is 0. The molecule has 0 heterocycles. The highest BCUT2D eigenvalue weighted by Gasteiger charge is 2.41. The Balaban J connectivity index is 0.000000274. The first-order chi connectivity index (χ1) is 33.4. The third kappa shape index (κ3) is 13.3. The molecule has 0 saturated carbocycles. The first kappa shape index (κ1) is 57.7. The molecule has 0 fully saturated rings. The molecule has 0 saturated heterocycles. The fourth-order valence-corrected chi connectivity index (χ4v) is 6.83. The Bertz CT molecular complexity index is 2710. The number of halogens is 24. The second-order valence-electron chi connectivity index (χ2n) is 15.3. The predicted molar refractivity (Wildman–Crippen MR) is 211 cm³/mol. The Hall–Kier alpha value is -7.16. The van der Waals surface area contributed by atoms with E-state index >= 15 is 0 Å². The number of aromatic hydroxyl groups is 2. The van der Waals surface area contributed by atoms with Crippen LogP contribution in [0.4, 0.5) is 105 Å². The second-order valence-corrected chi connectivity index (χ2v) is 15.3. The number of ether oxygens (including phenoxy) is 2. The quantitative estimate of drug-likeness (QED) is 0.129. The van der Waals surface area contributed by atoms with Gasteiger partial charge in [-0.25, -0.2) is 0 Å². The number of rotatable bonds is 6. The van der Waals surface area contributed by atoms with Crippen molar-refractivity contribution in [2.75, 3.05) is 14.2 Å². The lowest BCUT2D eigenvalue weighted by Crippen LogP contribution is -2.11. The van der Waals surface area contributed by atoms with Crippen molar-refractivity contribution in [3.8, 4) is 67.5 Å². The van der Waals surface area contributed by atoms with Gasteiger partial charge in [0.2, 0.25) is 0 Å². The highest BCUT2D eigenvalue weighted by molar-refractivity contribution is 5.83. The molecule has 2 N–H and O–H groups in total. The van der Waals surface area contributed by atoms with E-state index in [4.69, 9.17) is 9.47 Å². The van der Waals surface area contributed by atoms with Gasteiger partial charge in [-0.15, -0.1) is 0 Å². The van der Waals surface area contributed by atoms with Crippen LogP contribution < -0.4 is 9.47 Å². The van der Waals surface area contributed by atoms with E-state index in [1.54, 1.807) is 0 Å². The van der Waals surface area contributed by atoms with E-state index < -0.39 is 161 Å². The molecule has 0 radical (unpaired) electrons. The van der Waals surface area contributed by atoms with Gasteiger partial charge in [0.05, 0.1) is 58.7 Å². The summed E-state index contributed by atoms with van der Waals surface area (Å²) in [6.07, 6.45) is -41.7. The van der Waals surface area contributed by atoms with Gasteiger partial charge in [0.25, 0.3) is 0 Å². The van der Waals surface area contributed by atoms with Crippen LogP contribution in [0.2, 0.25) is 0 Å². The van der Waals surface area contributed by atoms with E-state index in [1.807, 2.05) is 0 Å². The third-order valence-electron chi connectivity index (χ3n) is 10.2. The lowest BCUT2D eigenvalue weighted by molar-refractivity contribution is -0.144. The van der Waals surface area contributed by atoms with Crippen LogP contribution in [0.15, 0.2) is 97.1 Å². The van der Waals surface area contributed by atoms with Crippen molar-refractivity contribution in [1.82, 2.24) is 0 Å². The fraction of sp³-hybridized carbons (Fsp3) is 0.217. The molecule has 0 amide bonds. The van der Waals surface area contributed by atoms with Crippen LogP contribution in [0, 0.1) is 0 Å². The van der Waals surface area contributed by atoms with Crippen molar-refractivity contribution in [3.63, 3.8) is 0 Å². The molecule has 0 aromatic heterocycles. The van der Waals surface area contributed by atoms with Gasteiger partial charge in [0.1, 0.15) is 23.0 Å². The topological polar surface area (TPSA) is 58.9 Å². The number of hydrogen-bond donors (Lipinski definition) is 2. The van der Waals surface area contributed by atoms with Gasteiger partial charge in [0.15, 0.2) is 0 Å². The van der Waals surface area contributed by atoms with Crippen LogP contribution in [0.3, 0.4) is 0 Å². The Kier molecular flexibility index (Phi) is 15.3. The molecule has 0 bridgehead atoms. The maximum atomic E-state index is 13.3. The molecule has 400 valence electrons. The molecule has 6 aromatic carbocycles. The molecule has 0 unspecified atom stereocenters. The first-order valence-electron chi connectivity index (χ1n) is 19.4. The Morgan fingerprint density at radius 2 is 0.405 bits per heavy atom. The van der Waals surface area contributed by atoms with E-state index in [9.17, 15) is 116 Å². The minimum Gasteiger partial charge on any atom is -0.507 e. The van der Waals surface area contributed by atoms with Crippen LogP contribution in [0.5, 0.6) is 23.0 Å². The number of methoxy groups -OCH3 is 2. The molecular weight excluding hydrogens is 1070 g/mol. The monoisotopic (exact) mass is 1100 g/mol. The molecule has 0 aliphatic carbocycles. The largest absolute Gasteiger partial charge is 0.507 e. The van der Waals surface area contributed by atoms with Gasteiger partial charge >= 0.3 is 49.4 Å². The summed E-state index contributed by atoms with van der Waals surface area (Å²) < 4.78 is 327. The van der Waals surface area contributed by atoms with E-state index in [0.717, 1.165) is 26.4 Å². The zero-order valence-electron chi connectivity index (χ0n) is 36.0. The molecule has 6 aromatic rings. The predicted octanol–water partition coefficient (Wildman–Crippen LogP) is 17.6. The van der Waals surface area contributed by atoms with Crippen molar-refractivity contribution in [3.05, 3.63) is 142 Å². The number of hydrogen-bond acceptors (Lipinski definition) is 4. The minimum absolute atomic E-state index is 0.108.